The minimum absolute atomic E-state index is 0. The number of nitrogens with zero attached hydrogens (tertiary/aromatic N) is 3. The molecule has 3 rings (SSSR count). The van der Waals surface area contributed by atoms with Crippen molar-refractivity contribution in [2.45, 2.75) is 38.3 Å². The van der Waals surface area contributed by atoms with Crippen LogP contribution in [0.15, 0.2) is 46.3 Å². The number of guanidine groups is 1. The van der Waals surface area contributed by atoms with E-state index in [4.69, 9.17) is 9.15 Å². The zero-order valence-electron chi connectivity index (χ0n) is 15.0. The minimum atomic E-state index is 0. The van der Waals surface area contributed by atoms with Gasteiger partial charge in [-0.15, -0.1) is 24.0 Å². The number of aryl methyl sites for hydroxylation is 1. The molecule has 1 fully saturated rings. The van der Waals surface area contributed by atoms with E-state index in [-0.39, 0.29) is 30.1 Å². The fraction of sp³-hybridized carbons (Fsp3) is 0.556. The van der Waals surface area contributed by atoms with Crippen molar-refractivity contribution in [3.8, 4) is 0 Å². The van der Waals surface area contributed by atoms with Crippen LogP contribution in [0.3, 0.4) is 0 Å². The van der Waals surface area contributed by atoms with Gasteiger partial charge in [0.15, 0.2) is 5.96 Å². The molecule has 1 aliphatic heterocycles. The molecule has 2 aromatic rings. The maximum atomic E-state index is 5.65. The lowest BCUT2D eigenvalue weighted by molar-refractivity contribution is 0.117. The normalized spacial score (nSPS) is 17.1. The number of aromatic nitrogens is 2. The molecule has 26 heavy (non-hydrogen) atoms. The van der Waals surface area contributed by atoms with Crippen LogP contribution in [0, 0.1) is 0 Å². The summed E-state index contributed by atoms with van der Waals surface area (Å²) >= 11 is 0. The van der Waals surface area contributed by atoms with Crippen molar-refractivity contribution >= 4 is 29.9 Å². The van der Waals surface area contributed by atoms with Gasteiger partial charge < -0.3 is 19.8 Å². The van der Waals surface area contributed by atoms with Gasteiger partial charge in [0.1, 0.15) is 5.76 Å². The molecule has 3 heterocycles. The molecule has 0 aromatic carbocycles. The highest BCUT2D eigenvalue weighted by molar-refractivity contribution is 14.0. The molecule has 0 radical (unpaired) electrons. The highest BCUT2D eigenvalue weighted by Crippen LogP contribution is 2.11. The van der Waals surface area contributed by atoms with Gasteiger partial charge in [0.05, 0.1) is 18.9 Å². The number of rotatable bonds is 9. The van der Waals surface area contributed by atoms with Crippen LogP contribution in [0.2, 0.25) is 0 Å². The third-order valence-electron chi connectivity index (χ3n) is 4.14. The molecule has 0 aliphatic carbocycles. The van der Waals surface area contributed by atoms with E-state index >= 15 is 0 Å². The molecular formula is C18H28IN5O2. The standard InChI is InChI=1S/C18H27N5O2.HI/c1-5-16(24-13-1)7-10-20-18(21-15-17-6-2-14-25-17)19-8-3-11-23-12-4-9-22-23;/h1,4-5,9,12-13,17H,2-3,6-8,10-11,14-15H2,(H2,19,20,21);1H. The summed E-state index contributed by atoms with van der Waals surface area (Å²) in [6.07, 6.45) is 9.80. The van der Waals surface area contributed by atoms with Gasteiger partial charge in [-0.05, 0) is 37.5 Å². The van der Waals surface area contributed by atoms with Crippen LogP contribution in [0.5, 0.6) is 0 Å². The molecule has 144 valence electrons. The summed E-state index contributed by atoms with van der Waals surface area (Å²) in [5.74, 6) is 1.81. The van der Waals surface area contributed by atoms with Gasteiger partial charge in [-0.2, -0.15) is 5.10 Å². The van der Waals surface area contributed by atoms with E-state index < -0.39 is 0 Å². The third kappa shape index (κ3) is 7.36. The summed E-state index contributed by atoms with van der Waals surface area (Å²) < 4.78 is 13.0. The first-order valence-corrected chi connectivity index (χ1v) is 9.04. The van der Waals surface area contributed by atoms with Crippen molar-refractivity contribution in [3.63, 3.8) is 0 Å². The number of aliphatic imine (C=N–C) groups is 1. The van der Waals surface area contributed by atoms with Crippen LogP contribution in [0.4, 0.5) is 0 Å². The smallest absolute Gasteiger partial charge is 0.191 e. The number of halogens is 1. The lowest BCUT2D eigenvalue weighted by atomic mass is 10.2. The van der Waals surface area contributed by atoms with Crippen molar-refractivity contribution in [1.82, 2.24) is 20.4 Å². The zero-order valence-corrected chi connectivity index (χ0v) is 17.3. The summed E-state index contributed by atoms with van der Waals surface area (Å²) in [6.45, 7) is 4.08. The molecule has 1 unspecified atom stereocenters. The highest BCUT2D eigenvalue weighted by atomic mass is 127. The molecule has 1 atom stereocenters. The van der Waals surface area contributed by atoms with Gasteiger partial charge in [0.2, 0.25) is 0 Å². The molecule has 1 aliphatic rings. The van der Waals surface area contributed by atoms with Crippen molar-refractivity contribution < 1.29 is 9.15 Å². The van der Waals surface area contributed by atoms with Crippen LogP contribution >= 0.6 is 24.0 Å². The first-order valence-electron chi connectivity index (χ1n) is 9.04. The van der Waals surface area contributed by atoms with E-state index in [2.05, 4.69) is 20.7 Å². The lowest BCUT2D eigenvalue weighted by Gasteiger charge is -2.14. The summed E-state index contributed by atoms with van der Waals surface area (Å²) in [4.78, 5) is 4.68. The molecule has 0 bridgehead atoms. The molecule has 1 saturated heterocycles. The molecule has 0 saturated carbocycles. The van der Waals surface area contributed by atoms with Crippen molar-refractivity contribution in [3.05, 3.63) is 42.6 Å². The van der Waals surface area contributed by atoms with E-state index in [9.17, 15) is 0 Å². The third-order valence-corrected chi connectivity index (χ3v) is 4.14. The Labute approximate surface area is 171 Å². The number of ether oxygens (including phenoxy) is 1. The first-order chi connectivity index (χ1) is 12.4. The van der Waals surface area contributed by atoms with Gasteiger partial charge in [0, 0.05) is 45.1 Å². The highest BCUT2D eigenvalue weighted by Gasteiger charge is 2.14. The van der Waals surface area contributed by atoms with Crippen LogP contribution in [0.25, 0.3) is 0 Å². The molecule has 7 nitrogen and oxygen atoms in total. The zero-order chi connectivity index (χ0) is 17.2. The molecular weight excluding hydrogens is 445 g/mol. The minimum Gasteiger partial charge on any atom is -0.469 e. The van der Waals surface area contributed by atoms with E-state index in [0.29, 0.717) is 6.54 Å². The van der Waals surface area contributed by atoms with E-state index in [1.807, 2.05) is 29.1 Å². The first kappa shape index (κ1) is 20.8. The monoisotopic (exact) mass is 473 g/mol. The van der Waals surface area contributed by atoms with Gasteiger partial charge in [0.25, 0.3) is 0 Å². The number of hydrogen-bond donors (Lipinski definition) is 2. The topological polar surface area (TPSA) is 76.6 Å². The molecule has 0 spiro atoms. The van der Waals surface area contributed by atoms with Gasteiger partial charge in [-0.3, -0.25) is 9.67 Å². The lowest BCUT2D eigenvalue weighted by Crippen LogP contribution is -2.39. The largest absolute Gasteiger partial charge is 0.469 e. The number of furan rings is 1. The number of hydrogen-bond acceptors (Lipinski definition) is 4. The van der Waals surface area contributed by atoms with Crippen molar-refractivity contribution in [2.75, 3.05) is 26.2 Å². The van der Waals surface area contributed by atoms with E-state index in [1.165, 1.54) is 0 Å². The average Bonchev–Trinajstić information content (AvgIpc) is 3.39. The Balaban J connectivity index is 0.00000243. The number of nitrogens with one attached hydrogen (secondary N) is 2. The van der Waals surface area contributed by atoms with Gasteiger partial charge in [-0.25, -0.2) is 0 Å². The van der Waals surface area contributed by atoms with Crippen LogP contribution in [-0.2, 0) is 17.7 Å². The molecule has 8 heteroatoms. The SMILES string of the molecule is I.c1coc(CCNC(=NCC2CCCO2)NCCCn2cccn2)c1. The molecule has 2 N–H and O–H groups in total. The predicted molar refractivity (Wildman–Crippen MR) is 112 cm³/mol. The van der Waals surface area contributed by atoms with Crippen LogP contribution in [-0.4, -0.2) is 48.1 Å². The van der Waals surface area contributed by atoms with Crippen molar-refractivity contribution in [1.29, 1.82) is 0 Å². The maximum Gasteiger partial charge on any atom is 0.191 e. The Bertz CT molecular complexity index is 610. The molecule has 0 amide bonds. The Morgan fingerprint density at radius 2 is 2.23 bits per heavy atom. The summed E-state index contributed by atoms with van der Waals surface area (Å²) in [5.41, 5.74) is 0. The van der Waals surface area contributed by atoms with Crippen LogP contribution in [0.1, 0.15) is 25.0 Å². The Kier molecular flexibility index (Phi) is 9.54. The fourth-order valence-electron chi connectivity index (χ4n) is 2.80. The van der Waals surface area contributed by atoms with Gasteiger partial charge >= 0.3 is 0 Å². The molecule has 2 aromatic heterocycles. The maximum absolute atomic E-state index is 5.65. The second-order valence-corrected chi connectivity index (χ2v) is 6.13. The van der Waals surface area contributed by atoms with Crippen LogP contribution < -0.4 is 10.6 Å². The van der Waals surface area contributed by atoms with E-state index in [0.717, 1.165) is 63.6 Å². The Morgan fingerprint density at radius 1 is 1.31 bits per heavy atom. The Morgan fingerprint density at radius 3 is 2.96 bits per heavy atom. The average molecular weight is 473 g/mol. The predicted octanol–water partition coefficient (Wildman–Crippen LogP) is 2.44. The summed E-state index contributed by atoms with van der Waals surface area (Å²) in [6, 6.07) is 5.84. The van der Waals surface area contributed by atoms with E-state index in [1.54, 1.807) is 12.5 Å². The second kappa shape index (κ2) is 11.9. The Hall–Kier alpha value is -1.55. The summed E-state index contributed by atoms with van der Waals surface area (Å²) in [7, 11) is 0. The van der Waals surface area contributed by atoms with Gasteiger partial charge in [-0.1, -0.05) is 0 Å². The summed E-state index contributed by atoms with van der Waals surface area (Å²) in [5, 5.41) is 11.0. The fourth-order valence-corrected chi connectivity index (χ4v) is 2.80. The van der Waals surface area contributed by atoms with Crippen molar-refractivity contribution in [2.24, 2.45) is 4.99 Å². The second-order valence-electron chi connectivity index (χ2n) is 6.13. The quantitative estimate of drug-likeness (QED) is 0.253.